The number of hydrogen-bond acceptors (Lipinski definition) is 4. The molecule has 0 bridgehead atoms. The minimum Gasteiger partial charge on any atom is -0.446 e. The van der Waals surface area contributed by atoms with Crippen LogP contribution in [0.4, 0.5) is 5.69 Å². The van der Waals surface area contributed by atoms with Crippen molar-refractivity contribution in [3.63, 3.8) is 0 Å². The van der Waals surface area contributed by atoms with Crippen molar-refractivity contribution in [2.75, 3.05) is 4.72 Å². The molecular formula is C11H11BrN2O3S. The Morgan fingerprint density at radius 2 is 1.83 bits per heavy atom. The van der Waals surface area contributed by atoms with Crippen LogP contribution in [0.1, 0.15) is 5.76 Å². The number of sulfonamides is 1. The van der Waals surface area contributed by atoms with Crippen molar-refractivity contribution in [3.8, 4) is 0 Å². The number of benzene rings is 1. The first kappa shape index (κ1) is 13.1. The molecule has 0 saturated carbocycles. The van der Waals surface area contributed by atoms with Gasteiger partial charge in [-0.25, -0.2) is 0 Å². The molecule has 1 heterocycles. The highest BCUT2D eigenvalue weighted by Crippen LogP contribution is 2.20. The summed E-state index contributed by atoms with van der Waals surface area (Å²) in [7, 11) is -3.70. The van der Waals surface area contributed by atoms with Crippen LogP contribution < -0.4 is 10.5 Å². The summed E-state index contributed by atoms with van der Waals surface area (Å²) in [6.07, 6.45) is 0. The topological polar surface area (TPSA) is 85.3 Å². The SMILES string of the molecule is NCc1ccc(S(=O)(=O)Nc2ccc(Br)cc2)o1. The van der Waals surface area contributed by atoms with Crippen molar-refractivity contribution >= 4 is 31.6 Å². The highest BCUT2D eigenvalue weighted by atomic mass is 79.9. The van der Waals surface area contributed by atoms with Gasteiger partial charge in [-0.15, -0.1) is 0 Å². The second kappa shape index (κ2) is 5.13. The molecule has 0 unspecified atom stereocenters. The van der Waals surface area contributed by atoms with Gasteiger partial charge < -0.3 is 10.2 Å². The third-order valence-corrected chi connectivity index (χ3v) is 3.98. The molecule has 96 valence electrons. The van der Waals surface area contributed by atoms with Crippen molar-refractivity contribution in [3.05, 3.63) is 46.6 Å². The Morgan fingerprint density at radius 1 is 1.17 bits per heavy atom. The smallest absolute Gasteiger partial charge is 0.295 e. The van der Waals surface area contributed by atoms with Crippen molar-refractivity contribution in [1.29, 1.82) is 0 Å². The maximum Gasteiger partial charge on any atom is 0.295 e. The summed E-state index contributed by atoms with van der Waals surface area (Å²) >= 11 is 3.27. The summed E-state index contributed by atoms with van der Waals surface area (Å²) in [5, 5.41) is -0.147. The lowest BCUT2D eigenvalue weighted by Crippen LogP contribution is -2.12. The Kier molecular flexibility index (Phi) is 3.74. The second-order valence-corrected chi connectivity index (χ2v) is 6.07. The minimum atomic E-state index is -3.70. The molecule has 0 atom stereocenters. The number of nitrogens with two attached hydrogens (primary N) is 1. The lowest BCUT2D eigenvalue weighted by Gasteiger charge is -2.05. The summed E-state index contributed by atoms with van der Waals surface area (Å²) in [5.41, 5.74) is 5.82. The largest absolute Gasteiger partial charge is 0.446 e. The Bertz CT molecular complexity index is 635. The fourth-order valence-corrected chi connectivity index (χ4v) is 2.61. The number of hydrogen-bond donors (Lipinski definition) is 2. The molecule has 18 heavy (non-hydrogen) atoms. The van der Waals surface area contributed by atoms with Crippen LogP contribution in [0.2, 0.25) is 0 Å². The summed E-state index contributed by atoms with van der Waals surface area (Å²) in [6, 6.07) is 9.69. The fraction of sp³-hybridized carbons (Fsp3) is 0.0909. The molecule has 1 aromatic heterocycles. The predicted octanol–water partition coefficient (Wildman–Crippen LogP) is 2.30. The van der Waals surface area contributed by atoms with Crippen LogP contribution in [-0.4, -0.2) is 8.42 Å². The molecule has 2 rings (SSSR count). The monoisotopic (exact) mass is 330 g/mol. The number of furan rings is 1. The molecule has 0 fully saturated rings. The van der Waals surface area contributed by atoms with E-state index in [-0.39, 0.29) is 11.6 Å². The highest BCUT2D eigenvalue weighted by Gasteiger charge is 2.18. The zero-order valence-corrected chi connectivity index (χ0v) is 11.7. The third kappa shape index (κ3) is 2.92. The molecule has 0 radical (unpaired) electrons. The molecule has 2 aromatic rings. The van der Waals surface area contributed by atoms with Gasteiger partial charge in [-0.05, 0) is 36.4 Å². The zero-order chi connectivity index (χ0) is 13.2. The van der Waals surface area contributed by atoms with Crippen LogP contribution >= 0.6 is 15.9 Å². The van der Waals surface area contributed by atoms with E-state index < -0.39 is 10.0 Å². The van der Waals surface area contributed by atoms with Gasteiger partial charge >= 0.3 is 0 Å². The summed E-state index contributed by atoms with van der Waals surface area (Å²) in [4.78, 5) is 0. The van der Waals surface area contributed by atoms with E-state index >= 15 is 0 Å². The van der Waals surface area contributed by atoms with Crippen LogP contribution in [-0.2, 0) is 16.6 Å². The first-order valence-corrected chi connectivity index (χ1v) is 7.36. The van der Waals surface area contributed by atoms with Gasteiger partial charge in [0.05, 0.1) is 6.54 Å². The van der Waals surface area contributed by atoms with E-state index in [4.69, 9.17) is 10.2 Å². The average molecular weight is 331 g/mol. The highest BCUT2D eigenvalue weighted by molar-refractivity contribution is 9.10. The Labute approximate surface area is 113 Å². The van der Waals surface area contributed by atoms with E-state index in [9.17, 15) is 8.42 Å². The molecule has 7 heteroatoms. The number of nitrogens with one attached hydrogen (secondary N) is 1. The Morgan fingerprint density at radius 3 is 2.39 bits per heavy atom. The van der Waals surface area contributed by atoms with Crippen LogP contribution in [0.3, 0.4) is 0 Å². The van der Waals surface area contributed by atoms with Gasteiger partial charge in [-0.3, -0.25) is 4.72 Å². The van der Waals surface area contributed by atoms with Gasteiger partial charge in [0.25, 0.3) is 10.0 Å². The summed E-state index contributed by atoms with van der Waals surface area (Å²) in [6.45, 7) is 0.161. The maximum absolute atomic E-state index is 12.0. The molecule has 0 spiro atoms. The van der Waals surface area contributed by atoms with Crippen molar-refractivity contribution in [1.82, 2.24) is 0 Å². The van der Waals surface area contributed by atoms with Gasteiger partial charge in [0, 0.05) is 10.2 Å². The molecule has 1 aromatic carbocycles. The van der Waals surface area contributed by atoms with Crippen molar-refractivity contribution in [2.24, 2.45) is 5.73 Å². The molecule has 0 aliphatic carbocycles. The second-order valence-electron chi connectivity index (χ2n) is 3.54. The van der Waals surface area contributed by atoms with E-state index in [0.29, 0.717) is 11.4 Å². The van der Waals surface area contributed by atoms with E-state index in [1.165, 1.54) is 12.1 Å². The zero-order valence-electron chi connectivity index (χ0n) is 9.26. The van der Waals surface area contributed by atoms with Crippen molar-refractivity contribution < 1.29 is 12.8 Å². The molecular weight excluding hydrogens is 320 g/mol. The van der Waals surface area contributed by atoms with Crippen molar-refractivity contribution in [2.45, 2.75) is 11.6 Å². The van der Waals surface area contributed by atoms with Gasteiger partial charge in [-0.2, -0.15) is 8.42 Å². The lowest BCUT2D eigenvalue weighted by molar-refractivity contribution is 0.417. The average Bonchev–Trinajstić information content (AvgIpc) is 2.81. The molecule has 0 saturated heterocycles. The van der Waals surface area contributed by atoms with Gasteiger partial charge in [0.15, 0.2) is 0 Å². The minimum absolute atomic E-state index is 0.147. The number of anilines is 1. The van der Waals surface area contributed by atoms with Crippen LogP contribution in [0, 0.1) is 0 Å². The molecule has 0 aliphatic rings. The molecule has 0 amide bonds. The molecule has 0 aliphatic heterocycles. The normalized spacial score (nSPS) is 11.4. The Balaban J connectivity index is 2.24. The van der Waals surface area contributed by atoms with E-state index in [2.05, 4.69) is 20.7 Å². The number of halogens is 1. The van der Waals surface area contributed by atoms with E-state index in [1.807, 2.05) is 0 Å². The number of rotatable bonds is 4. The van der Waals surface area contributed by atoms with E-state index in [0.717, 1.165) is 4.47 Å². The van der Waals surface area contributed by atoms with Crippen LogP contribution in [0.15, 0.2) is 50.4 Å². The summed E-state index contributed by atoms with van der Waals surface area (Å²) in [5.74, 6) is 0.422. The van der Waals surface area contributed by atoms with Gasteiger partial charge in [0.2, 0.25) is 5.09 Å². The molecule has 3 N–H and O–H groups in total. The quantitative estimate of drug-likeness (QED) is 0.900. The third-order valence-electron chi connectivity index (χ3n) is 2.20. The maximum atomic E-state index is 12.0. The Hall–Kier alpha value is -1.31. The standard InChI is InChI=1S/C11H11BrN2O3S/c12-8-1-3-9(4-2-8)14-18(15,16)11-6-5-10(7-13)17-11/h1-6,14H,7,13H2. The summed E-state index contributed by atoms with van der Waals surface area (Å²) < 4.78 is 32.3. The predicted molar refractivity (Wildman–Crippen MR) is 71.5 cm³/mol. The lowest BCUT2D eigenvalue weighted by atomic mass is 10.3. The van der Waals surface area contributed by atoms with E-state index in [1.54, 1.807) is 24.3 Å². The van der Waals surface area contributed by atoms with Gasteiger partial charge in [0.1, 0.15) is 5.76 Å². The first-order chi connectivity index (χ1) is 8.51. The fourth-order valence-electron chi connectivity index (χ4n) is 1.34. The molecule has 5 nitrogen and oxygen atoms in total. The first-order valence-electron chi connectivity index (χ1n) is 5.08. The van der Waals surface area contributed by atoms with Crippen LogP contribution in [0.5, 0.6) is 0 Å². The van der Waals surface area contributed by atoms with Crippen LogP contribution in [0.25, 0.3) is 0 Å². The van der Waals surface area contributed by atoms with Gasteiger partial charge in [-0.1, -0.05) is 15.9 Å².